The molecular weight excluding hydrogens is 412 g/mol. The van der Waals surface area contributed by atoms with Crippen LogP contribution in [0.4, 0.5) is 26.3 Å². The second-order valence-corrected chi connectivity index (χ2v) is 8.14. The maximum Gasteiger partial charge on any atom is 0.407 e. The molecule has 0 radical (unpaired) electrons. The molecule has 0 heterocycles. The molecule has 2 aliphatic carbocycles. The summed E-state index contributed by atoms with van der Waals surface area (Å²) in [6.45, 7) is 0. The number of carbonyl (C=O) groups is 1. The number of alkyl halides is 5. The lowest BCUT2D eigenvalue weighted by molar-refractivity contribution is -0.163. The standard InChI is InChI=1S/C20H21F6N3O/c21-14-5-3-13(4-6-14)16(20(24,25)26)28-15(10-19(22,23)9-12-1-2-12)17(30)29-18(11-27)7-8-18/h3-6,12,15-16,28H,1-2,7-10H2,(H,29,30). The van der Waals surface area contributed by atoms with Crippen LogP contribution in [0.3, 0.4) is 0 Å². The molecule has 0 aromatic heterocycles. The molecule has 2 N–H and O–H groups in total. The molecule has 3 rings (SSSR count). The van der Waals surface area contributed by atoms with Crippen molar-refractivity contribution >= 4 is 5.91 Å². The van der Waals surface area contributed by atoms with E-state index in [2.05, 4.69) is 5.32 Å². The second-order valence-electron chi connectivity index (χ2n) is 8.14. The fraction of sp³-hybridized carbons (Fsp3) is 0.600. The van der Waals surface area contributed by atoms with Crippen molar-refractivity contribution in [2.75, 3.05) is 0 Å². The summed E-state index contributed by atoms with van der Waals surface area (Å²) in [4.78, 5) is 12.6. The Kier molecular flexibility index (Phi) is 6.05. The van der Waals surface area contributed by atoms with E-state index in [9.17, 15) is 31.1 Å². The van der Waals surface area contributed by atoms with Crippen molar-refractivity contribution < 1.29 is 31.1 Å². The zero-order valence-corrected chi connectivity index (χ0v) is 15.9. The first kappa shape index (κ1) is 22.4. The first-order valence-electron chi connectivity index (χ1n) is 9.62. The van der Waals surface area contributed by atoms with Crippen LogP contribution in [0, 0.1) is 23.1 Å². The van der Waals surface area contributed by atoms with Crippen molar-refractivity contribution in [2.45, 2.75) is 68.2 Å². The van der Waals surface area contributed by atoms with Crippen LogP contribution in [0.15, 0.2) is 24.3 Å². The van der Waals surface area contributed by atoms with Crippen LogP contribution in [-0.4, -0.2) is 29.6 Å². The van der Waals surface area contributed by atoms with Crippen LogP contribution in [0.2, 0.25) is 0 Å². The van der Waals surface area contributed by atoms with Gasteiger partial charge in [-0.15, -0.1) is 0 Å². The monoisotopic (exact) mass is 433 g/mol. The lowest BCUT2D eigenvalue weighted by Crippen LogP contribution is -2.53. The fourth-order valence-corrected chi connectivity index (χ4v) is 3.30. The van der Waals surface area contributed by atoms with Crippen LogP contribution in [0.5, 0.6) is 0 Å². The maximum atomic E-state index is 14.4. The minimum atomic E-state index is -4.92. The number of rotatable bonds is 9. The van der Waals surface area contributed by atoms with Gasteiger partial charge in [-0.3, -0.25) is 10.1 Å². The fourth-order valence-electron chi connectivity index (χ4n) is 3.30. The van der Waals surface area contributed by atoms with Gasteiger partial charge in [0.1, 0.15) is 17.4 Å². The highest BCUT2D eigenvalue weighted by Gasteiger charge is 2.49. The average Bonchev–Trinajstić information content (AvgIpc) is 3.56. The Bertz CT molecular complexity index is 809. The molecule has 1 amide bonds. The van der Waals surface area contributed by atoms with Gasteiger partial charge in [-0.05, 0) is 49.3 Å². The minimum Gasteiger partial charge on any atom is -0.336 e. The summed E-state index contributed by atoms with van der Waals surface area (Å²) in [7, 11) is 0. The third kappa shape index (κ3) is 5.88. The molecule has 164 valence electrons. The molecule has 0 spiro atoms. The van der Waals surface area contributed by atoms with E-state index in [-0.39, 0.29) is 5.92 Å². The molecule has 0 aliphatic heterocycles. The second kappa shape index (κ2) is 8.10. The van der Waals surface area contributed by atoms with Crippen molar-refractivity contribution in [3.63, 3.8) is 0 Å². The molecule has 1 aromatic rings. The van der Waals surface area contributed by atoms with Gasteiger partial charge in [-0.1, -0.05) is 12.1 Å². The molecule has 4 nitrogen and oxygen atoms in total. The molecule has 30 heavy (non-hydrogen) atoms. The normalized spacial score (nSPS) is 20.2. The van der Waals surface area contributed by atoms with Crippen molar-refractivity contribution in [1.82, 2.24) is 10.6 Å². The Morgan fingerprint density at radius 3 is 2.23 bits per heavy atom. The third-order valence-corrected chi connectivity index (χ3v) is 5.33. The van der Waals surface area contributed by atoms with Gasteiger partial charge in [-0.2, -0.15) is 18.4 Å². The number of nitrogens with one attached hydrogen (secondary N) is 2. The molecule has 2 atom stereocenters. The topological polar surface area (TPSA) is 64.9 Å². The van der Waals surface area contributed by atoms with Gasteiger partial charge in [0.2, 0.25) is 11.8 Å². The minimum absolute atomic E-state index is 0.201. The van der Waals surface area contributed by atoms with Crippen LogP contribution < -0.4 is 10.6 Å². The summed E-state index contributed by atoms with van der Waals surface area (Å²) >= 11 is 0. The van der Waals surface area contributed by atoms with Gasteiger partial charge >= 0.3 is 6.18 Å². The summed E-state index contributed by atoms with van der Waals surface area (Å²) in [5.41, 5.74) is -1.62. The van der Waals surface area contributed by atoms with E-state index in [0.29, 0.717) is 25.7 Å². The first-order chi connectivity index (χ1) is 13.9. The molecule has 0 saturated heterocycles. The summed E-state index contributed by atoms with van der Waals surface area (Å²) in [6, 6.07) is 0.921. The number of nitriles is 1. The number of nitrogens with zero attached hydrogens (tertiary/aromatic N) is 1. The zero-order chi connectivity index (χ0) is 22.2. The molecule has 0 bridgehead atoms. The van der Waals surface area contributed by atoms with Crippen LogP contribution >= 0.6 is 0 Å². The van der Waals surface area contributed by atoms with Crippen LogP contribution in [0.1, 0.15) is 50.1 Å². The van der Waals surface area contributed by atoms with Gasteiger partial charge in [0, 0.05) is 12.8 Å². The number of halogens is 6. The summed E-state index contributed by atoms with van der Waals surface area (Å²) in [6.07, 6.45) is -4.70. The summed E-state index contributed by atoms with van der Waals surface area (Å²) in [5.74, 6) is -5.39. The van der Waals surface area contributed by atoms with Crippen LogP contribution in [-0.2, 0) is 4.79 Å². The Balaban J connectivity index is 1.83. The number of hydrogen-bond acceptors (Lipinski definition) is 3. The lowest BCUT2D eigenvalue weighted by Gasteiger charge is -2.30. The quantitative estimate of drug-likeness (QED) is 0.568. The van der Waals surface area contributed by atoms with Gasteiger partial charge < -0.3 is 5.32 Å². The van der Waals surface area contributed by atoms with Gasteiger partial charge in [0.25, 0.3) is 0 Å². The summed E-state index contributed by atoms with van der Waals surface area (Å²) < 4.78 is 83.0. The Hall–Kier alpha value is -2.28. The third-order valence-electron chi connectivity index (χ3n) is 5.33. The van der Waals surface area contributed by atoms with E-state index >= 15 is 0 Å². The molecule has 2 fully saturated rings. The SMILES string of the molecule is N#CC1(NC(=O)C(CC(F)(F)CC2CC2)NC(c2ccc(F)cc2)C(F)(F)F)CC1. The largest absolute Gasteiger partial charge is 0.407 e. The van der Waals surface area contributed by atoms with E-state index in [1.165, 1.54) is 0 Å². The molecule has 10 heteroatoms. The molecule has 1 aromatic carbocycles. The highest BCUT2D eigenvalue weighted by molar-refractivity contribution is 5.83. The molecular formula is C20H21F6N3O. The predicted molar refractivity (Wildman–Crippen MR) is 94.7 cm³/mol. The van der Waals surface area contributed by atoms with E-state index in [1.54, 1.807) is 0 Å². The van der Waals surface area contributed by atoms with Gasteiger partial charge in [0.05, 0.1) is 12.1 Å². The number of benzene rings is 1. The Morgan fingerprint density at radius 1 is 1.17 bits per heavy atom. The maximum absolute atomic E-state index is 14.4. The first-order valence-corrected chi connectivity index (χ1v) is 9.62. The average molecular weight is 433 g/mol. The van der Waals surface area contributed by atoms with E-state index in [4.69, 9.17) is 5.26 Å². The lowest BCUT2D eigenvalue weighted by atomic mass is 9.99. The highest BCUT2D eigenvalue weighted by Crippen LogP contribution is 2.42. The van der Waals surface area contributed by atoms with Crippen molar-refractivity contribution in [3.8, 4) is 6.07 Å². The summed E-state index contributed by atoms with van der Waals surface area (Å²) in [5, 5.41) is 13.4. The van der Waals surface area contributed by atoms with E-state index in [1.807, 2.05) is 11.4 Å². The highest BCUT2D eigenvalue weighted by atomic mass is 19.4. The Morgan fingerprint density at radius 2 is 1.77 bits per heavy atom. The predicted octanol–water partition coefficient (Wildman–Crippen LogP) is 4.39. The number of carbonyl (C=O) groups excluding carboxylic acids is 1. The van der Waals surface area contributed by atoms with Crippen molar-refractivity contribution in [1.29, 1.82) is 5.26 Å². The Labute approximate surface area is 169 Å². The molecule has 2 saturated carbocycles. The number of amides is 1. The van der Waals surface area contributed by atoms with Gasteiger partial charge in [-0.25, -0.2) is 13.2 Å². The van der Waals surface area contributed by atoms with E-state index < -0.39 is 59.9 Å². The van der Waals surface area contributed by atoms with Gasteiger partial charge in [0.15, 0.2) is 0 Å². The number of hydrogen-bond donors (Lipinski definition) is 2. The molecule has 2 unspecified atom stereocenters. The van der Waals surface area contributed by atoms with Crippen molar-refractivity contribution in [2.24, 2.45) is 5.92 Å². The van der Waals surface area contributed by atoms with Crippen molar-refractivity contribution in [3.05, 3.63) is 35.6 Å². The molecule has 2 aliphatic rings. The van der Waals surface area contributed by atoms with Crippen LogP contribution in [0.25, 0.3) is 0 Å². The smallest absolute Gasteiger partial charge is 0.336 e. The van der Waals surface area contributed by atoms with E-state index in [0.717, 1.165) is 24.3 Å². The zero-order valence-electron chi connectivity index (χ0n) is 15.9.